The van der Waals surface area contributed by atoms with Gasteiger partial charge in [0.25, 0.3) is 5.91 Å². The summed E-state index contributed by atoms with van der Waals surface area (Å²) in [5, 5.41) is 1.82. The molecule has 2 bridgehead atoms. The summed E-state index contributed by atoms with van der Waals surface area (Å²) in [6.07, 6.45) is 0.814. The lowest BCUT2D eigenvalue weighted by Gasteiger charge is -2.35. The number of hydrogen-bond donors (Lipinski definition) is 0. The van der Waals surface area contributed by atoms with Crippen molar-refractivity contribution in [1.29, 1.82) is 0 Å². The van der Waals surface area contributed by atoms with Crippen molar-refractivity contribution in [2.75, 3.05) is 25.7 Å². The number of benzene rings is 3. The molecule has 3 aromatic rings. The molecule has 0 spiro atoms. The lowest BCUT2D eigenvalue weighted by Crippen LogP contribution is -2.55. The van der Waals surface area contributed by atoms with Gasteiger partial charge in [-0.05, 0) is 35.6 Å². The van der Waals surface area contributed by atoms with Crippen LogP contribution in [0.5, 0.6) is 11.5 Å². The van der Waals surface area contributed by atoms with Gasteiger partial charge in [-0.2, -0.15) is 0 Å². The number of carbonyl (C=O) groups is 3. The van der Waals surface area contributed by atoms with Crippen molar-refractivity contribution in [1.82, 2.24) is 9.80 Å². The Balaban J connectivity index is 1.26. The van der Waals surface area contributed by atoms with Gasteiger partial charge < -0.3 is 19.3 Å². The molecule has 3 atom stereocenters. The Kier molecular flexibility index (Phi) is 4.91. The molecular weight excluding hydrogens is 446 g/mol. The fraction of sp³-hybridized carbons (Fsp3) is 0.296. The third-order valence-corrected chi connectivity index (χ3v) is 7.40. The van der Waals surface area contributed by atoms with Gasteiger partial charge in [-0.15, -0.1) is 0 Å². The van der Waals surface area contributed by atoms with Crippen LogP contribution in [0, 0.1) is 0 Å². The Labute approximate surface area is 202 Å². The van der Waals surface area contributed by atoms with E-state index >= 15 is 0 Å². The Bertz CT molecular complexity index is 1370. The first-order chi connectivity index (χ1) is 17.0. The van der Waals surface area contributed by atoms with Crippen molar-refractivity contribution < 1.29 is 23.9 Å². The summed E-state index contributed by atoms with van der Waals surface area (Å²) in [4.78, 5) is 45.1. The minimum Gasteiger partial charge on any atom is -0.493 e. The maximum Gasteiger partial charge on any atom is 0.332 e. The number of urea groups is 1. The van der Waals surface area contributed by atoms with Gasteiger partial charge in [0.15, 0.2) is 11.5 Å². The zero-order chi connectivity index (χ0) is 24.3. The number of rotatable bonds is 5. The Hall–Kier alpha value is -4.07. The van der Waals surface area contributed by atoms with E-state index in [-0.39, 0.29) is 36.3 Å². The van der Waals surface area contributed by atoms with E-state index in [9.17, 15) is 14.4 Å². The van der Waals surface area contributed by atoms with Crippen LogP contribution in [-0.4, -0.2) is 66.5 Å². The van der Waals surface area contributed by atoms with Crippen LogP contribution in [0.3, 0.4) is 0 Å². The summed E-state index contributed by atoms with van der Waals surface area (Å²) in [5.41, 5.74) is 1.40. The average molecular weight is 472 g/mol. The first-order valence-electron chi connectivity index (χ1n) is 11.7. The topological polar surface area (TPSA) is 79.4 Å². The van der Waals surface area contributed by atoms with Crippen molar-refractivity contribution in [2.24, 2.45) is 0 Å². The van der Waals surface area contributed by atoms with E-state index in [0.29, 0.717) is 30.2 Å². The average Bonchev–Trinajstić information content (AvgIpc) is 3.55. The molecule has 178 valence electrons. The molecule has 0 aromatic heterocycles. The number of imide groups is 1. The highest BCUT2D eigenvalue weighted by molar-refractivity contribution is 6.25. The maximum atomic E-state index is 13.6. The molecule has 3 saturated heterocycles. The summed E-state index contributed by atoms with van der Waals surface area (Å²) in [6, 6.07) is 17.3. The maximum absolute atomic E-state index is 13.6. The van der Waals surface area contributed by atoms with Crippen molar-refractivity contribution in [3.63, 3.8) is 0 Å². The molecule has 3 aliphatic rings. The summed E-state index contributed by atoms with van der Waals surface area (Å²) in [5.74, 6) is 0.841. The van der Waals surface area contributed by atoms with Crippen LogP contribution < -0.4 is 14.4 Å². The predicted octanol–water partition coefficient (Wildman–Crippen LogP) is 3.22. The van der Waals surface area contributed by atoms with E-state index in [1.54, 1.807) is 36.2 Å². The van der Waals surface area contributed by atoms with Gasteiger partial charge in [-0.25, -0.2) is 9.69 Å². The van der Waals surface area contributed by atoms with Crippen molar-refractivity contribution >= 4 is 34.3 Å². The molecule has 0 saturated carbocycles. The zero-order valence-electron chi connectivity index (χ0n) is 19.5. The summed E-state index contributed by atoms with van der Waals surface area (Å²) >= 11 is 0. The monoisotopic (exact) mass is 471 g/mol. The number of anilines is 1. The molecule has 3 aromatic carbocycles. The molecule has 4 amide bonds. The second-order valence-corrected chi connectivity index (χ2v) is 9.18. The van der Waals surface area contributed by atoms with Crippen LogP contribution in [-0.2, 0) is 16.0 Å². The third kappa shape index (κ3) is 3.16. The number of hydrogen-bond acceptors (Lipinski definition) is 5. The van der Waals surface area contributed by atoms with Gasteiger partial charge in [-0.1, -0.05) is 42.5 Å². The van der Waals surface area contributed by atoms with E-state index < -0.39 is 6.04 Å². The minimum absolute atomic E-state index is 0.0618. The number of fused-ring (bicyclic) bond motifs is 6. The first-order valence-corrected chi connectivity index (χ1v) is 11.7. The number of nitrogens with zero attached hydrogens (tertiary/aromatic N) is 3. The molecule has 0 aliphatic carbocycles. The zero-order valence-corrected chi connectivity index (χ0v) is 19.5. The molecule has 0 radical (unpaired) electrons. The molecule has 35 heavy (non-hydrogen) atoms. The SMILES string of the molecule is COc1ccc(CC(=O)N2CC3CC2[C@@H]2C(=O)N(c4cccc5ccccc45)C(=O)N32)cc1OC. The second kappa shape index (κ2) is 8.01. The first kappa shape index (κ1) is 21.5. The number of amides is 4. The van der Waals surface area contributed by atoms with E-state index in [0.717, 1.165) is 16.3 Å². The lowest BCUT2D eigenvalue weighted by molar-refractivity contribution is -0.135. The van der Waals surface area contributed by atoms with Gasteiger partial charge in [0.1, 0.15) is 6.04 Å². The number of likely N-dealkylation sites (tertiary alicyclic amines) is 1. The molecule has 8 heteroatoms. The van der Waals surface area contributed by atoms with Crippen LogP contribution >= 0.6 is 0 Å². The molecule has 6 rings (SSSR count). The van der Waals surface area contributed by atoms with Crippen LogP contribution in [0.4, 0.5) is 10.5 Å². The van der Waals surface area contributed by atoms with Gasteiger partial charge in [0.05, 0.1) is 38.4 Å². The molecule has 2 unspecified atom stereocenters. The number of ether oxygens (including phenoxy) is 2. The van der Waals surface area contributed by atoms with E-state index in [1.807, 2.05) is 48.5 Å². The molecule has 3 aliphatic heterocycles. The standard InChI is InChI=1S/C27H25N3O5/c1-34-22-11-10-16(12-23(22)35-2)13-24(31)28-15-18-14-21(28)25-26(32)30(27(33)29(18)25)20-9-5-7-17-6-3-4-8-19(17)20/h3-12,18,21,25H,13-15H2,1-2H3/t18?,21?,25-/m1/s1. The fourth-order valence-corrected chi connectivity index (χ4v) is 5.84. The van der Waals surface area contributed by atoms with E-state index in [4.69, 9.17) is 9.47 Å². The van der Waals surface area contributed by atoms with Crippen LogP contribution in [0.2, 0.25) is 0 Å². The fourth-order valence-electron chi connectivity index (χ4n) is 5.84. The quantitative estimate of drug-likeness (QED) is 0.534. The normalized spacial score (nSPS) is 22.8. The van der Waals surface area contributed by atoms with E-state index in [1.165, 1.54) is 4.90 Å². The molecule has 3 heterocycles. The van der Waals surface area contributed by atoms with Crippen molar-refractivity contribution in [2.45, 2.75) is 31.0 Å². The van der Waals surface area contributed by atoms with E-state index in [2.05, 4.69) is 0 Å². The lowest BCUT2D eigenvalue weighted by atomic mass is 10.1. The highest BCUT2D eigenvalue weighted by Crippen LogP contribution is 2.43. The van der Waals surface area contributed by atoms with Crippen molar-refractivity contribution in [3.05, 3.63) is 66.2 Å². The third-order valence-electron chi connectivity index (χ3n) is 7.40. The minimum atomic E-state index is -0.644. The number of piperazine rings is 1. The molecular formula is C27H25N3O5. The Morgan fingerprint density at radius 2 is 1.74 bits per heavy atom. The van der Waals surface area contributed by atoms with Crippen molar-refractivity contribution in [3.8, 4) is 11.5 Å². The highest BCUT2D eigenvalue weighted by Gasteiger charge is 2.62. The Morgan fingerprint density at radius 3 is 2.54 bits per heavy atom. The van der Waals surface area contributed by atoms with Gasteiger partial charge in [0.2, 0.25) is 5.91 Å². The largest absolute Gasteiger partial charge is 0.493 e. The number of carbonyl (C=O) groups excluding carboxylic acids is 3. The van der Waals surface area contributed by atoms with Gasteiger partial charge >= 0.3 is 6.03 Å². The summed E-state index contributed by atoms with van der Waals surface area (Å²) in [6.45, 7) is 0.440. The molecule has 0 N–H and O–H groups in total. The van der Waals surface area contributed by atoms with Gasteiger partial charge in [-0.3, -0.25) is 9.59 Å². The van der Waals surface area contributed by atoms with Gasteiger partial charge in [0, 0.05) is 11.9 Å². The van der Waals surface area contributed by atoms with Crippen LogP contribution in [0.15, 0.2) is 60.7 Å². The smallest absolute Gasteiger partial charge is 0.332 e. The molecule has 8 nitrogen and oxygen atoms in total. The second-order valence-electron chi connectivity index (χ2n) is 9.18. The number of methoxy groups -OCH3 is 2. The Morgan fingerprint density at radius 1 is 0.971 bits per heavy atom. The predicted molar refractivity (Wildman–Crippen MR) is 130 cm³/mol. The summed E-state index contributed by atoms with van der Waals surface area (Å²) in [7, 11) is 3.12. The molecule has 3 fully saturated rings. The highest BCUT2D eigenvalue weighted by atomic mass is 16.5. The van der Waals surface area contributed by atoms with Crippen LogP contribution in [0.25, 0.3) is 10.8 Å². The summed E-state index contributed by atoms with van der Waals surface area (Å²) < 4.78 is 10.6. The van der Waals surface area contributed by atoms with Crippen LogP contribution in [0.1, 0.15) is 12.0 Å².